The normalized spacial score (nSPS) is 15.5. The second-order valence-corrected chi connectivity index (χ2v) is 8.50. The highest BCUT2D eigenvalue weighted by molar-refractivity contribution is 6.30. The second kappa shape index (κ2) is 8.88. The summed E-state index contributed by atoms with van der Waals surface area (Å²) in [5, 5.41) is 7.09. The molecule has 0 spiro atoms. The molecule has 0 unspecified atom stereocenters. The van der Waals surface area contributed by atoms with E-state index in [0.717, 1.165) is 22.2 Å². The summed E-state index contributed by atoms with van der Waals surface area (Å²) in [5.74, 6) is -0.447. The van der Waals surface area contributed by atoms with Crippen LogP contribution in [-0.2, 0) is 0 Å². The molecule has 1 amide bonds. The number of benzene rings is 3. The zero-order chi connectivity index (χ0) is 23.8. The van der Waals surface area contributed by atoms with Gasteiger partial charge in [0.25, 0.3) is 5.91 Å². The van der Waals surface area contributed by atoms with Crippen molar-refractivity contribution in [3.05, 3.63) is 106 Å². The maximum Gasteiger partial charge on any atom is 0.277 e. The van der Waals surface area contributed by atoms with E-state index in [2.05, 4.69) is 10.1 Å². The van der Waals surface area contributed by atoms with E-state index in [9.17, 15) is 9.18 Å². The van der Waals surface area contributed by atoms with Crippen LogP contribution in [0.5, 0.6) is 5.75 Å². The van der Waals surface area contributed by atoms with Gasteiger partial charge < -0.3 is 4.74 Å². The molecule has 5 rings (SSSR count). The smallest absolute Gasteiger partial charge is 0.277 e. The minimum absolute atomic E-state index is 0.0474. The van der Waals surface area contributed by atoms with E-state index in [0.29, 0.717) is 23.3 Å². The van der Waals surface area contributed by atoms with Crippen LogP contribution in [0.4, 0.5) is 4.39 Å². The summed E-state index contributed by atoms with van der Waals surface area (Å²) in [4.78, 5) is 18.0. The number of pyridine rings is 1. The molecule has 170 valence electrons. The maximum absolute atomic E-state index is 14.5. The van der Waals surface area contributed by atoms with Crippen molar-refractivity contribution in [2.24, 2.45) is 5.10 Å². The summed E-state index contributed by atoms with van der Waals surface area (Å²) in [6, 6.07) is 20.6. The van der Waals surface area contributed by atoms with E-state index in [-0.39, 0.29) is 10.7 Å². The first-order valence-corrected chi connectivity index (χ1v) is 11.2. The predicted molar refractivity (Wildman–Crippen MR) is 131 cm³/mol. The third-order valence-corrected chi connectivity index (χ3v) is 6.34. The van der Waals surface area contributed by atoms with Gasteiger partial charge >= 0.3 is 0 Å². The minimum atomic E-state index is -0.599. The largest absolute Gasteiger partial charge is 0.497 e. The van der Waals surface area contributed by atoms with E-state index in [1.54, 1.807) is 19.2 Å². The first-order chi connectivity index (χ1) is 16.5. The van der Waals surface area contributed by atoms with Crippen molar-refractivity contribution in [1.82, 2.24) is 9.99 Å². The number of aromatic nitrogens is 1. The van der Waals surface area contributed by atoms with Crippen LogP contribution >= 0.6 is 11.6 Å². The number of fused-ring (bicyclic) bond motifs is 1. The second-order valence-electron chi connectivity index (χ2n) is 8.14. The predicted octanol–water partition coefficient (Wildman–Crippen LogP) is 6.34. The van der Waals surface area contributed by atoms with Crippen LogP contribution in [0.1, 0.15) is 39.5 Å². The Hall–Kier alpha value is -3.77. The zero-order valence-corrected chi connectivity index (χ0v) is 19.4. The number of hydrogen-bond donors (Lipinski definition) is 0. The van der Waals surface area contributed by atoms with Gasteiger partial charge in [0, 0.05) is 22.9 Å². The van der Waals surface area contributed by atoms with E-state index < -0.39 is 17.8 Å². The Labute approximate surface area is 201 Å². The third-order valence-electron chi connectivity index (χ3n) is 6.04. The third kappa shape index (κ3) is 3.90. The van der Waals surface area contributed by atoms with Gasteiger partial charge in [0.2, 0.25) is 0 Å². The summed E-state index contributed by atoms with van der Waals surface area (Å²) in [6.45, 7) is 1.99. The molecule has 1 aliphatic rings. The number of ether oxygens (including phenoxy) is 1. The number of halogens is 2. The lowest BCUT2D eigenvalue weighted by Gasteiger charge is -2.23. The van der Waals surface area contributed by atoms with Crippen molar-refractivity contribution in [1.29, 1.82) is 0 Å². The maximum atomic E-state index is 14.5. The van der Waals surface area contributed by atoms with Gasteiger partial charge in [-0.2, -0.15) is 5.10 Å². The van der Waals surface area contributed by atoms with Crippen LogP contribution in [0.3, 0.4) is 0 Å². The Balaban J connectivity index is 1.64. The Morgan fingerprint density at radius 2 is 1.85 bits per heavy atom. The van der Waals surface area contributed by atoms with E-state index in [4.69, 9.17) is 16.3 Å². The van der Waals surface area contributed by atoms with Gasteiger partial charge in [-0.3, -0.25) is 4.79 Å². The number of aryl methyl sites for hydroxylation is 1. The van der Waals surface area contributed by atoms with Gasteiger partial charge in [0.05, 0.1) is 29.9 Å². The topological polar surface area (TPSA) is 54.8 Å². The Kier molecular flexibility index (Phi) is 5.75. The number of methoxy groups -OCH3 is 1. The summed E-state index contributed by atoms with van der Waals surface area (Å²) < 4.78 is 19.9. The number of hydrogen-bond acceptors (Lipinski definition) is 4. The van der Waals surface area contributed by atoms with Gasteiger partial charge in [-0.15, -0.1) is 0 Å². The van der Waals surface area contributed by atoms with E-state index in [1.807, 2.05) is 55.5 Å². The van der Waals surface area contributed by atoms with E-state index >= 15 is 0 Å². The lowest BCUT2D eigenvalue weighted by Crippen LogP contribution is -2.28. The van der Waals surface area contributed by atoms with Crippen LogP contribution in [0.15, 0.2) is 77.9 Å². The average Bonchev–Trinajstić information content (AvgIpc) is 3.28. The molecule has 1 aromatic heterocycles. The molecule has 0 saturated carbocycles. The summed E-state index contributed by atoms with van der Waals surface area (Å²) in [7, 11) is 1.60. The average molecular weight is 474 g/mol. The first kappa shape index (κ1) is 22.0. The van der Waals surface area contributed by atoms with Crippen molar-refractivity contribution in [2.75, 3.05) is 7.11 Å². The van der Waals surface area contributed by atoms with Gasteiger partial charge in [-0.05, 0) is 48.9 Å². The van der Waals surface area contributed by atoms with Crippen LogP contribution in [0.25, 0.3) is 10.9 Å². The van der Waals surface area contributed by atoms with Crippen LogP contribution in [-0.4, -0.2) is 28.7 Å². The SMILES string of the molecule is COc1ccc2nc(Cl)c([C@@H]3CC(c4ccccc4C)=NN3C(=O)c3ccccc3F)cc2c1. The van der Waals surface area contributed by atoms with Crippen LogP contribution in [0.2, 0.25) is 5.15 Å². The molecular formula is C27H21ClFN3O2. The molecule has 4 aromatic rings. The first-order valence-electron chi connectivity index (χ1n) is 10.8. The highest BCUT2D eigenvalue weighted by Crippen LogP contribution is 2.39. The fraction of sp³-hybridized carbons (Fsp3) is 0.148. The molecule has 3 aromatic carbocycles. The number of hydrazone groups is 1. The molecule has 34 heavy (non-hydrogen) atoms. The van der Waals surface area contributed by atoms with E-state index in [1.165, 1.54) is 17.1 Å². The highest BCUT2D eigenvalue weighted by Gasteiger charge is 2.36. The summed E-state index contributed by atoms with van der Waals surface area (Å²) >= 11 is 6.62. The van der Waals surface area contributed by atoms with Crippen LogP contribution in [0, 0.1) is 12.7 Å². The number of rotatable bonds is 4. The molecule has 5 nitrogen and oxygen atoms in total. The van der Waals surface area contributed by atoms with Gasteiger partial charge in [-0.1, -0.05) is 48.0 Å². The Bertz CT molecular complexity index is 1450. The molecule has 0 aliphatic carbocycles. The molecule has 7 heteroatoms. The quantitative estimate of drug-likeness (QED) is 0.325. The molecule has 0 bridgehead atoms. The molecule has 2 heterocycles. The molecule has 0 radical (unpaired) electrons. The minimum Gasteiger partial charge on any atom is -0.497 e. The zero-order valence-electron chi connectivity index (χ0n) is 18.6. The lowest BCUT2D eigenvalue weighted by molar-refractivity contribution is 0.0706. The van der Waals surface area contributed by atoms with Crippen molar-refractivity contribution in [3.63, 3.8) is 0 Å². The molecule has 0 saturated heterocycles. The van der Waals surface area contributed by atoms with Gasteiger partial charge in [0.1, 0.15) is 16.7 Å². The molecule has 1 aliphatic heterocycles. The van der Waals surface area contributed by atoms with Crippen molar-refractivity contribution in [3.8, 4) is 5.75 Å². The summed E-state index contributed by atoms with van der Waals surface area (Å²) in [5.41, 5.74) is 4.00. The standard InChI is InChI=1S/C27H21ClFN3O2/c1-16-7-3-4-8-19(16)24-15-25(32(31-24)27(33)20-9-5-6-10-22(20)29)21-14-17-13-18(34-2)11-12-23(17)30-26(21)28/h3-14,25H,15H2,1-2H3/t25-/m0/s1. The van der Waals surface area contributed by atoms with Crippen molar-refractivity contribution < 1.29 is 13.9 Å². The van der Waals surface area contributed by atoms with Crippen molar-refractivity contribution >= 4 is 34.1 Å². The number of nitrogens with zero attached hydrogens (tertiary/aromatic N) is 3. The number of carbonyl (C=O) groups is 1. The fourth-order valence-corrected chi connectivity index (χ4v) is 4.54. The number of carbonyl (C=O) groups excluding carboxylic acids is 1. The van der Waals surface area contributed by atoms with Gasteiger partial charge in [0.15, 0.2) is 0 Å². The number of amides is 1. The highest BCUT2D eigenvalue weighted by atomic mass is 35.5. The fourth-order valence-electron chi connectivity index (χ4n) is 4.27. The monoisotopic (exact) mass is 473 g/mol. The van der Waals surface area contributed by atoms with Crippen molar-refractivity contribution in [2.45, 2.75) is 19.4 Å². The molecule has 1 atom stereocenters. The molecule has 0 N–H and O–H groups in total. The van der Waals surface area contributed by atoms with Gasteiger partial charge in [-0.25, -0.2) is 14.4 Å². The lowest BCUT2D eigenvalue weighted by atomic mass is 9.96. The Morgan fingerprint density at radius 1 is 1.09 bits per heavy atom. The van der Waals surface area contributed by atoms with Crippen LogP contribution < -0.4 is 4.74 Å². The molecule has 0 fully saturated rings. The summed E-state index contributed by atoms with van der Waals surface area (Å²) in [6.07, 6.45) is 0.419. The molecular weight excluding hydrogens is 453 g/mol. The Morgan fingerprint density at radius 3 is 2.62 bits per heavy atom.